The average Bonchev–Trinajstić information content (AvgIpc) is 2.26. The summed E-state index contributed by atoms with van der Waals surface area (Å²) in [6.45, 7) is 3.89. The van der Waals surface area contributed by atoms with Crippen molar-refractivity contribution in [2.24, 2.45) is 5.92 Å². The van der Waals surface area contributed by atoms with Crippen molar-refractivity contribution < 1.29 is 17.6 Å². The lowest BCUT2D eigenvalue weighted by atomic mass is 10.1. The van der Waals surface area contributed by atoms with Crippen LogP contribution in [0.5, 0.6) is 0 Å². The first-order valence-corrected chi connectivity index (χ1v) is 7.11. The predicted octanol–water partition coefficient (Wildman–Crippen LogP) is 2.07. The molecule has 1 N–H and O–H groups in total. The lowest BCUT2D eigenvalue weighted by Gasteiger charge is -2.07. The molecular formula is C12H16FNO3S. The van der Waals surface area contributed by atoms with Crippen LogP contribution in [-0.2, 0) is 14.8 Å². The Bertz CT molecular complexity index is 509. The first kappa shape index (κ1) is 14.6. The van der Waals surface area contributed by atoms with Gasteiger partial charge in [-0.2, -0.15) is 0 Å². The number of nitrogens with one attached hydrogen (secondary N) is 1. The highest BCUT2D eigenvalue weighted by Crippen LogP contribution is 2.10. The standard InChI is InChI=1S/C12H16FNO3S/c1-9(2)3-8-12(15)14-18(16,17)11-6-4-10(13)5-7-11/h4-7,9H,3,8H2,1-2H3,(H,14,15). The molecule has 0 spiro atoms. The maximum atomic E-state index is 12.7. The first-order valence-electron chi connectivity index (χ1n) is 5.62. The minimum absolute atomic E-state index is 0.123. The molecule has 0 saturated heterocycles. The van der Waals surface area contributed by atoms with E-state index >= 15 is 0 Å². The third kappa shape index (κ3) is 4.44. The van der Waals surface area contributed by atoms with E-state index in [0.29, 0.717) is 12.3 Å². The number of carbonyl (C=O) groups is 1. The Labute approximate surface area is 106 Å². The maximum Gasteiger partial charge on any atom is 0.264 e. The molecule has 100 valence electrons. The summed E-state index contributed by atoms with van der Waals surface area (Å²) in [5, 5.41) is 0. The molecule has 0 aliphatic carbocycles. The largest absolute Gasteiger partial charge is 0.274 e. The van der Waals surface area contributed by atoms with Crippen molar-refractivity contribution in [3.63, 3.8) is 0 Å². The summed E-state index contributed by atoms with van der Waals surface area (Å²) in [6.07, 6.45) is 0.767. The summed E-state index contributed by atoms with van der Waals surface area (Å²) >= 11 is 0. The third-order valence-electron chi connectivity index (χ3n) is 2.32. The van der Waals surface area contributed by atoms with Gasteiger partial charge in [0.25, 0.3) is 10.0 Å². The van der Waals surface area contributed by atoms with Crippen LogP contribution in [0.1, 0.15) is 26.7 Å². The molecule has 4 nitrogen and oxygen atoms in total. The maximum absolute atomic E-state index is 12.7. The second-order valence-electron chi connectivity index (χ2n) is 4.42. The molecule has 0 saturated carbocycles. The van der Waals surface area contributed by atoms with Gasteiger partial charge in [0.1, 0.15) is 5.82 Å². The van der Waals surface area contributed by atoms with E-state index in [2.05, 4.69) is 0 Å². The Balaban J connectivity index is 2.70. The van der Waals surface area contributed by atoms with E-state index < -0.39 is 21.7 Å². The van der Waals surface area contributed by atoms with Crippen LogP contribution >= 0.6 is 0 Å². The Hall–Kier alpha value is -1.43. The normalized spacial score (nSPS) is 11.6. The zero-order valence-corrected chi connectivity index (χ0v) is 11.1. The van der Waals surface area contributed by atoms with Gasteiger partial charge in [-0.3, -0.25) is 4.79 Å². The summed E-state index contributed by atoms with van der Waals surface area (Å²) in [5.74, 6) is -0.752. The van der Waals surface area contributed by atoms with Crippen LogP contribution in [-0.4, -0.2) is 14.3 Å². The molecule has 0 bridgehead atoms. The summed E-state index contributed by atoms with van der Waals surface area (Å²) in [4.78, 5) is 11.3. The number of rotatable bonds is 5. The number of hydrogen-bond acceptors (Lipinski definition) is 3. The number of carbonyl (C=O) groups excluding carboxylic acids is 1. The molecule has 0 aliphatic rings. The Kier molecular flexibility index (Phi) is 4.84. The molecule has 0 heterocycles. The van der Waals surface area contributed by atoms with Crippen molar-refractivity contribution in [3.05, 3.63) is 30.1 Å². The van der Waals surface area contributed by atoms with Gasteiger partial charge in [0, 0.05) is 6.42 Å². The van der Waals surface area contributed by atoms with Crippen molar-refractivity contribution in [2.45, 2.75) is 31.6 Å². The van der Waals surface area contributed by atoms with Crippen LogP contribution in [0.3, 0.4) is 0 Å². The van der Waals surface area contributed by atoms with Crippen molar-refractivity contribution in [1.82, 2.24) is 4.72 Å². The van der Waals surface area contributed by atoms with E-state index in [9.17, 15) is 17.6 Å². The number of amides is 1. The fourth-order valence-electron chi connectivity index (χ4n) is 1.29. The van der Waals surface area contributed by atoms with Crippen molar-refractivity contribution in [3.8, 4) is 0 Å². The van der Waals surface area contributed by atoms with Crippen LogP contribution in [0.25, 0.3) is 0 Å². The van der Waals surface area contributed by atoms with Gasteiger partial charge in [0.2, 0.25) is 5.91 Å². The molecular weight excluding hydrogens is 257 g/mol. The zero-order chi connectivity index (χ0) is 13.8. The average molecular weight is 273 g/mol. The smallest absolute Gasteiger partial charge is 0.264 e. The molecule has 0 fully saturated rings. The summed E-state index contributed by atoms with van der Waals surface area (Å²) in [6, 6.07) is 4.31. The van der Waals surface area contributed by atoms with E-state index in [4.69, 9.17) is 0 Å². The Morgan fingerprint density at radius 3 is 2.33 bits per heavy atom. The number of benzene rings is 1. The zero-order valence-electron chi connectivity index (χ0n) is 10.3. The van der Waals surface area contributed by atoms with E-state index in [1.807, 2.05) is 18.6 Å². The molecule has 6 heteroatoms. The van der Waals surface area contributed by atoms with E-state index in [1.54, 1.807) is 0 Å². The third-order valence-corrected chi connectivity index (χ3v) is 3.71. The van der Waals surface area contributed by atoms with Crippen LogP contribution < -0.4 is 4.72 Å². The second-order valence-corrected chi connectivity index (χ2v) is 6.10. The fraction of sp³-hybridized carbons (Fsp3) is 0.417. The topological polar surface area (TPSA) is 63.2 Å². The molecule has 1 amide bonds. The summed E-state index contributed by atoms with van der Waals surface area (Å²) in [7, 11) is -3.89. The van der Waals surface area contributed by atoms with Gasteiger partial charge < -0.3 is 0 Å². The van der Waals surface area contributed by atoms with Crippen LogP contribution in [0, 0.1) is 11.7 Å². The van der Waals surface area contributed by atoms with Crippen molar-refractivity contribution in [1.29, 1.82) is 0 Å². The van der Waals surface area contributed by atoms with E-state index in [-0.39, 0.29) is 11.3 Å². The minimum atomic E-state index is -3.89. The van der Waals surface area contributed by atoms with E-state index in [0.717, 1.165) is 24.3 Å². The highest BCUT2D eigenvalue weighted by molar-refractivity contribution is 7.90. The van der Waals surface area contributed by atoms with Crippen molar-refractivity contribution in [2.75, 3.05) is 0 Å². The highest BCUT2D eigenvalue weighted by Gasteiger charge is 2.17. The SMILES string of the molecule is CC(C)CCC(=O)NS(=O)(=O)c1ccc(F)cc1. The predicted molar refractivity (Wildman–Crippen MR) is 65.8 cm³/mol. The number of halogens is 1. The fourth-order valence-corrected chi connectivity index (χ4v) is 2.31. The molecule has 1 rings (SSSR count). The molecule has 0 aromatic heterocycles. The van der Waals surface area contributed by atoms with Gasteiger partial charge >= 0.3 is 0 Å². The molecule has 0 aliphatic heterocycles. The molecule has 0 radical (unpaired) electrons. The van der Waals surface area contributed by atoms with Gasteiger partial charge in [-0.15, -0.1) is 0 Å². The van der Waals surface area contributed by atoms with Gasteiger partial charge in [-0.25, -0.2) is 17.5 Å². The quantitative estimate of drug-likeness (QED) is 0.893. The van der Waals surface area contributed by atoms with Crippen LogP contribution in [0.15, 0.2) is 29.2 Å². The van der Waals surface area contributed by atoms with Crippen molar-refractivity contribution >= 4 is 15.9 Å². The Morgan fingerprint density at radius 1 is 1.28 bits per heavy atom. The van der Waals surface area contributed by atoms with Crippen LogP contribution in [0.2, 0.25) is 0 Å². The Morgan fingerprint density at radius 2 is 1.83 bits per heavy atom. The molecule has 1 aromatic rings. The molecule has 0 unspecified atom stereocenters. The monoisotopic (exact) mass is 273 g/mol. The molecule has 0 atom stereocenters. The lowest BCUT2D eigenvalue weighted by Crippen LogP contribution is -2.30. The molecule has 1 aromatic carbocycles. The summed E-state index contributed by atoms with van der Waals surface area (Å²) in [5.41, 5.74) is 0. The van der Waals surface area contributed by atoms with Crippen LogP contribution in [0.4, 0.5) is 4.39 Å². The van der Waals surface area contributed by atoms with Gasteiger partial charge in [-0.1, -0.05) is 13.8 Å². The number of hydrogen-bond donors (Lipinski definition) is 1. The van der Waals surface area contributed by atoms with Gasteiger partial charge in [0.05, 0.1) is 4.90 Å². The highest BCUT2D eigenvalue weighted by atomic mass is 32.2. The minimum Gasteiger partial charge on any atom is -0.274 e. The van der Waals surface area contributed by atoms with E-state index in [1.165, 1.54) is 0 Å². The second kappa shape index (κ2) is 5.95. The van der Waals surface area contributed by atoms with Gasteiger partial charge in [-0.05, 0) is 36.6 Å². The molecule has 18 heavy (non-hydrogen) atoms. The lowest BCUT2D eigenvalue weighted by molar-refractivity contribution is -0.119. The first-order chi connectivity index (χ1) is 8.31. The summed E-state index contributed by atoms with van der Waals surface area (Å²) < 4.78 is 38.1. The van der Waals surface area contributed by atoms with Gasteiger partial charge in [0.15, 0.2) is 0 Å². The number of sulfonamides is 1.